The van der Waals surface area contributed by atoms with Gasteiger partial charge in [-0.05, 0) is 36.2 Å². The first kappa shape index (κ1) is 13.1. The van der Waals surface area contributed by atoms with Crippen molar-refractivity contribution in [2.24, 2.45) is 0 Å². The summed E-state index contributed by atoms with van der Waals surface area (Å²) in [6.07, 6.45) is 4.46. The van der Waals surface area contributed by atoms with Gasteiger partial charge in [0.05, 0.1) is 17.6 Å². The van der Waals surface area contributed by atoms with Crippen molar-refractivity contribution in [3.05, 3.63) is 59.7 Å². The molecule has 0 atom stereocenters. The molecule has 3 rings (SSSR count). The monoisotopic (exact) mass is 285 g/mol. The summed E-state index contributed by atoms with van der Waals surface area (Å²) in [5.74, 6) is 1.61. The molecular weight excluding hydrogens is 270 g/mol. The molecule has 0 saturated heterocycles. The summed E-state index contributed by atoms with van der Waals surface area (Å²) in [6, 6.07) is 10.4. The number of hydrogen-bond acceptors (Lipinski definition) is 2. The molecule has 0 amide bonds. The standard InChI is InChI=1S/C16H16ClN3/c1-12-4-5-14-15(9-12)20(16(19-14)6-7-17)11-13-3-2-8-18-10-13/h2-5,8-10H,6-7,11H2,1H3. The maximum absolute atomic E-state index is 5.90. The number of nitrogens with zero attached hydrogens (tertiary/aromatic N) is 3. The molecule has 4 heteroatoms. The molecule has 0 saturated carbocycles. The van der Waals surface area contributed by atoms with Gasteiger partial charge in [0.15, 0.2) is 0 Å². The third-order valence-corrected chi connectivity index (χ3v) is 3.55. The maximum atomic E-state index is 5.90. The summed E-state index contributed by atoms with van der Waals surface area (Å²) in [7, 11) is 0. The molecule has 0 fully saturated rings. The molecule has 2 heterocycles. The molecular formula is C16H16ClN3. The highest BCUT2D eigenvalue weighted by Gasteiger charge is 2.11. The summed E-state index contributed by atoms with van der Waals surface area (Å²) < 4.78 is 2.24. The second-order valence-electron chi connectivity index (χ2n) is 4.91. The van der Waals surface area contributed by atoms with Gasteiger partial charge in [-0.25, -0.2) is 4.98 Å². The average molecular weight is 286 g/mol. The summed E-state index contributed by atoms with van der Waals surface area (Å²) in [5, 5.41) is 0. The number of imidazole rings is 1. The Hall–Kier alpha value is -1.87. The lowest BCUT2D eigenvalue weighted by Gasteiger charge is -2.08. The molecule has 3 nitrogen and oxygen atoms in total. The summed E-state index contributed by atoms with van der Waals surface area (Å²) in [5.41, 5.74) is 4.60. The summed E-state index contributed by atoms with van der Waals surface area (Å²) >= 11 is 5.90. The molecule has 0 bridgehead atoms. The molecule has 0 aliphatic heterocycles. The van der Waals surface area contributed by atoms with Crippen molar-refractivity contribution in [1.29, 1.82) is 0 Å². The number of rotatable bonds is 4. The Balaban J connectivity index is 2.10. The van der Waals surface area contributed by atoms with Crippen LogP contribution in [0.25, 0.3) is 11.0 Å². The van der Waals surface area contributed by atoms with E-state index in [2.05, 4.69) is 40.7 Å². The minimum atomic E-state index is 0.579. The molecule has 3 aromatic rings. The zero-order valence-electron chi connectivity index (χ0n) is 11.4. The fraction of sp³-hybridized carbons (Fsp3) is 0.250. The van der Waals surface area contributed by atoms with Crippen LogP contribution in [0.5, 0.6) is 0 Å². The van der Waals surface area contributed by atoms with Gasteiger partial charge in [0, 0.05) is 24.7 Å². The number of halogens is 1. The number of hydrogen-bond donors (Lipinski definition) is 0. The van der Waals surface area contributed by atoms with Crippen molar-refractivity contribution in [2.75, 3.05) is 5.88 Å². The number of fused-ring (bicyclic) bond motifs is 1. The zero-order valence-corrected chi connectivity index (χ0v) is 12.1. The highest BCUT2D eigenvalue weighted by atomic mass is 35.5. The van der Waals surface area contributed by atoms with E-state index in [0.29, 0.717) is 5.88 Å². The van der Waals surface area contributed by atoms with Crippen LogP contribution in [0, 0.1) is 6.92 Å². The van der Waals surface area contributed by atoms with Crippen molar-refractivity contribution in [1.82, 2.24) is 14.5 Å². The van der Waals surface area contributed by atoms with Gasteiger partial charge < -0.3 is 4.57 Å². The lowest BCUT2D eigenvalue weighted by Crippen LogP contribution is -2.06. The third-order valence-electron chi connectivity index (χ3n) is 3.36. The van der Waals surface area contributed by atoms with Crippen LogP contribution in [-0.4, -0.2) is 20.4 Å². The largest absolute Gasteiger partial charge is 0.323 e. The Morgan fingerprint density at radius 1 is 1.25 bits per heavy atom. The Bertz CT molecular complexity index is 719. The van der Waals surface area contributed by atoms with Gasteiger partial charge in [-0.1, -0.05) is 12.1 Å². The van der Waals surface area contributed by atoms with Crippen molar-refractivity contribution >= 4 is 22.6 Å². The Kier molecular flexibility index (Phi) is 3.70. The summed E-state index contributed by atoms with van der Waals surface area (Å²) in [6.45, 7) is 2.88. The molecule has 1 aromatic carbocycles. The highest BCUT2D eigenvalue weighted by Crippen LogP contribution is 2.20. The predicted octanol–water partition coefficient (Wildman–Crippen LogP) is 3.57. The highest BCUT2D eigenvalue weighted by molar-refractivity contribution is 6.17. The number of aryl methyl sites for hydroxylation is 2. The molecule has 20 heavy (non-hydrogen) atoms. The van der Waals surface area contributed by atoms with Gasteiger partial charge in [-0.3, -0.25) is 4.98 Å². The quantitative estimate of drug-likeness (QED) is 0.686. The summed E-state index contributed by atoms with van der Waals surface area (Å²) in [4.78, 5) is 8.88. The number of pyridine rings is 1. The molecule has 2 aromatic heterocycles. The molecule has 0 aliphatic carbocycles. The van der Waals surface area contributed by atoms with E-state index in [4.69, 9.17) is 16.6 Å². The van der Waals surface area contributed by atoms with Crippen molar-refractivity contribution in [2.45, 2.75) is 19.9 Å². The van der Waals surface area contributed by atoms with Gasteiger partial charge in [0.2, 0.25) is 0 Å². The smallest absolute Gasteiger partial charge is 0.111 e. The van der Waals surface area contributed by atoms with Crippen LogP contribution in [0.4, 0.5) is 0 Å². The number of alkyl halides is 1. The molecule has 0 N–H and O–H groups in total. The number of benzene rings is 1. The fourth-order valence-electron chi connectivity index (χ4n) is 2.41. The van der Waals surface area contributed by atoms with Crippen LogP contribution < -0.4 is 0 Å². The maximum Gasteiger partial charge on any atom is 0.111 e. The second-order valence-corrected chi connectivity index (χ2v) is 5.28. The van der Waals surface area contributed by atoms with Crippen molar-refractivity contribution in [3.8, 4) is 0 Å². The van der Waals surface area contributed by atoms with E-state index in [1.54, 1.807) is 6.20 Å². The van der Waals surface area contributed by atoms with Gasteiger partial charge in [-0.15, -0.1) is 11.6 Å². The van der Waals surface area contributed by atoms with E-state index < -0.39 is 0 Å². The Labute approximate surface area is 123 Å². The van der Waals surface area contributed by atoms with Crippen molar-refractivity contribution in [3.63, 3.8) is 0 Å². The van der Waals surface area contributed by atoms with Gasteiger partial charge >= 0.3 is 0 Å². The molecule has 0 unspecified atom stereocenters. The first-order valence-corrected chi connectivity index (χ1v) is 7.22. The molecule has 0 aliphatic rings. The molecule has 0 spiro atoms. The van der Waals surface area contributed by atoms with E-state index in [9.17, 15) is 0 Å². The average Bonchev–Trinajstić information content (AvgIpc) is 2.78. The normalized spacial score (nSPS) is 11.1. The first-order chi connectivity index (χ1) is 9.78. The number of aromatic nitrogens is 3. The minimum Gasteiger partial charge on any atom is -0.323 e. The van der Waals surface area contributed by atoms with E-state index in [1.807, 2.05) is 12.3 Å². The minimum absolute atomic E-state index is 0.579. The van der Waals surface area contributed by atoms with E-state index >= 15 is 0 Å². The van der Waals surface area contributed by atoms with Crippen LogP contribution in [0.3, 0.4) is 0 Å². The van der Waals surface area contributed by atoms with E-state index in [-0.39, 0.29) is 0 Å². The molecule has 0 radical (unpaired) electrons. The Morgan fingerprint density at radius 2 is 2.15 bits per heavy atom. The van der Waals surface area contributed by atoms with Gasteiger partial charge in [-0.2, -0.15) is 0 Å². The lowest BCUT2D eigenvalue weighted by molar-refractivity contribution is 0.752. The first-order valence-electron chi connectivity index (χ1n) is 6.68. The second kappa shape index (κ2) is 5.63. The third kappa shape index (κ3) is 2.54. The van der Waals surface area contributed by atoms with E-state index in [0.717, 1.165) is 29.8 Å². The zero-order chi connectivity index (χ0) is 13.9. The Morgan fingerprint density at radius 3 is 2.90 bits per heavy atom. The fourth-order valence-corrected chi connectivity index (χ4v) is 2.58. The van der Waals surface area contributed by atoms with Crippen LogP contribution in [0.15, 0.2) is 42.7 Å². The van der Waals surface area contributed by atoms with Crippen LogP contribution >= 0.6 is 11.6 Å². The van der Waals surface area contributed by atoms with Crippen LogP contribution in [0.2, 0.25) is 0 Å². The van der Waals surface area contributed by atoms with Crippen molar-refractivity contribution < 1.29 is 0 Å². The van der Waals surface area contributed by atoms with Crippen LogP contribution in [-0.2, 0) is 13.0 Å². The molecule has 102 valence electrons. The lowest BCUT2D eigenvalue weighted by atomic mass is 10.2. The van der Waals surface area contributed by atoms with E-state index in [1.165, 1.54) is 11.1 Å². The predicted molar refractivity (Wildman–Crippen MR) is 82.2 cm³/mol. The van der Waals surface area contributed by atoms with Crippen LogP contribution in [0.1, 0.15) is 17.0 Å². The van der Waals surface area contributed by atoms with Gasteiger partial charge in [0.25, 0.3) is 0 Å². The van der Waals surface area contributed by atoms with Gasteiger partial charge in [0.1, 0.15) is 5.82 Å². The SMILES string of the molecule is Cc1ccc2nc(CCCl)n(Cc3cccnc3)c2c1. The topological polar surface area (TPSA) is 30.7 Å².